The third kappa shape index (κ3) is 3.51. The van der Waals surface area contributed by atoms with Crippen LogP contribution in [0, 0.1) is 16.7 Å². The van der Waals surface area contributed by atoms with Crippen LogP contribution in [0.1, 0.15) is 53.4 Å². The lowest BCUT2D eigenvalue weighted by Gasteiger charge is -2.30. The zero-order valence-electron chi connectivity index (χ0n) is 10.8. The van der Waals surface area contributed by atoms with Gasteiger partial charge in [-0.3, -0.25) is 5.41 Å². The van der Waals surface area contributed by atoms with Crippen LogP contribution in [0.3, 0.4) is 0 Å². The van der Waals surface area contributed by atoms with Crippen molar-refractivity contribution in [1.82, 2.24) is 4.90 Å². The predicted molar refractivity (Wildman–Crippen MR) is 66.4 cm³/mol. The Morgan fingerprint density at radius 1 is 1.27 bits per heavy atom. The van der Waals surface area contributed by atoms with Crippen LogP contribution in [-0.2, 0) is 0 Å². The minimum absolute atomic E-state index is 0.435. The molecule has 0 aliphatic carbocycles. The third-order valence-corrected chi connectivity index (χ3v) is 3.67. The second-order valence-electron chi connectivity index (χ2n) is 5.78. The summed E-state index contributed by atoms with van der Waals surface area (Å²) >= 11 is 0. The van der Waals surface area contributed by atoms with E-state index in [0.29, 0.717) is 5.41 Å². The highest BCUT2D eigenvalue weighted by molar-refractivity contribution is 5.78. The maximum atomic E-state index is 7.88. The zero-order valence-corrected chi connectivity index (χ0v) is 10.8. The van der Waals surface area contributed by atoms with E-state index in [0.717, 1.165) is 31.3 Å². The second-order valence-corrected chi connectivity index (χ2v) is 5.78. The van der Waals surface area contributed by atoms with E-state index >= 15 is 0 Å². The van der Waals surface area contributed by atoms with Crippen molar-refractivity contribution in [1.29, 1.82) is 5.41 Å². The highest BCUT2D eigenvalue weighted by atomic mass is 15.2. The van der Waals surface area contributed by atoms with Gasteiger partial charge in [0.25, 0.3) is 0 Å². The van der Waals surface area contributed by atoms with E-state index in [1.807, 2.05) is 0 Å². The van der Waals surface area contributed by atoms with Crippen molar-refractivity contribution in [3.8, 4) is 0 Å². The summed E-state index contributed by atoms with van der Waals surface area (Å²) in [6.45, 7) is 11.3. The van der Waals surface area contributed by atoms with Crippen molar-refractivity contribution in [2.24, 2.45) is 11.3 Å². The molecule has 0 amide bonds. The number of nitrogens with one attached hydrogen (secondary N) is 1. The second kappa shape index (κ2) is 5.00. The monoisotopic (exact) mass is 210 g/mol. The van der Waals surface area contributed by atoms with E-state index in [2.05, 4.69) is 32.6 Å². The number of hydrogen-bond acceptors (Lipinski definition) is 1. The van der Waals surface area contributed by atoms with Crippen LogP contribution in [0.5, 0.6) is 0 Å². The van der Waals surface area contributed by atoms with Crippen LogP contribution >= 0.6 is 0 Å². The van der Waals surface area contributed by atoms with Crippen LogP contribution in [-0.4, -0.2) is 23.8 Å². The molecule has 1 fully saturated rings. The normalized spacial score (nSPS) is 23.7. The molecule has 0 aromatic rings. The van der Waals surface area contributed by atoms with Gasteiger partial charge in [0.2, 0.25) is 0 Å². The smallest absolute Gasteiger partial charge is 0.0954 e. The quantitative estimate of drug-likeness (QED) is 0.520. The first-order valence-electron chi connectivity index (χ1n) is 6.27. The number of likely N-dealkylation sites (tertiary alicyclic amines) is 1. The summed E-state index contributed by atoms with van der Waals surface area (Å²) in [5.41, 5.74) is 0.435. The molecular weight excluding hydrogens is 184 g/mol. The summed E-state index contributed by atoms with van der Waals surface area (Å²) in [5.74, 6) is 1.65. The summed E-state index contributed by atoms with van der Waals surface area (Å²) < 4.78 is 0. The molecule has 1 saturated heterocycles. The summed E-state index contributed by atoms with van der Waals surface area (Å²) in [6.07, 6.45) is 4.72. The molecule has 1 rings (SSSR count). The van der Waals surface area contributed by atoms with E-state index < -0.39 is 0 Å². The zero-order chi connectivity index (χ0) is 11.5. The maximum Gasteiger partial charge on any atom is 0.0954 e. The topological polar surface area (TPSA) is 27.1 Å². The Labute approximate surface area is 94.6 Å². The molecule has 0 bridgehead atoms. The molecule has 1 atom stereocenters. The van der Waals surface area contributed by atoms with Crippen LogP contribution < -0.4 is 0 Å². The van der Waals surface area contributed by atoms with Crippen molar-refractivity contribution < 1.29 is 0 Å². The molecule has 0 aromatic carbocycles. The fourth-order valence-electron chi connectivity index (χ4n) is 2.46. The van der Waals surface area contributed by atoms with Crippen LogP contribution in [0.2, 0.25) is 0 Å². The standard InChI is InChI=1S/C13H26N2/c1-5-12(14)15-9-6-7-11(8-10-15)13(2,3)4/h11,14H,5-10H2,1-4H3. The van der Waals surface area contributed by atoms with Gasteiger partial charge in [-0.1, -0.05) is 27.7 Å². The van der Waals surface area contributed by atoms with Crippen molar-refractivity contribution in [3.63, 3.8) is 0 Å². The van der Waals surface area contributed by atoms with Crippen molar-refractivity contribution in [3.05, 3.63) is 0 Å². The number of nitrogens with zero attached hydrogens (tertiary/aromatic N) is 1. The molecule has 0 aromatic heterocycles. The van der Waals surface area contributed by atoms with Gasteiger partial charge in [0.1, 0.15) is 0 Å². The Hall–Kier alpha value is -0.530. The van der Waals surface area contributed by atoms with E-state index in [9.17, 15) is 0 Å². The lowest BCUT2D eigenvalue weighted by atomic mass is 9.77. The van der Waals surface area contributed by atoms with E-state index in [1.165, 1.54) is 19.3 Å². The largest absolute Gasteiger partial charge is 0.361 e. The van der Waals surface area contributed by atoms with Crippen LogP contribution in [0.25, 0.3) is 0 Å². The Bertz CT molecular complexity index is 215. The van der Waals surface area contributed by atoms with Gasteiger partial charge in [-0.15, -0.1) is 0 Å². The first kappa shape index (κ1) is 12.5. The maximum absolute atomic E-state index is 7.88. The van der Waals surface area contributed by atoms with E-state index in [1.54, 1.807) is 0 Å². The van der Waals surface area contributed by atoms with Crippen molar-refractivity contribution >= 4 is 5.84 Å². The highest BCUT2D eigenvalue weighted by Gasteiger charge is 2.27. The predicted octanol–water partition coefficient (Wildman–Crippen LogP) is 3.52. The molecule has 1 unspecified atom stereocenters. The molecule has 0 spiro atoms. The first-order chi connectivity index (χ1) is 6.95. The summed E-state index contributed by atoms with van der Waals surface area (Å²) in [7, 11) is 0. The molecule has 2 nitrogen and oxygen atoms in total. The van der Waals surface area contributed by atoms with Crippen LogP contribution in [0.15, 0.2) is 0 Å². The fourth-order valence-corrected chi connectivity index (χ4v) is 2.46. The molecule has 1 aliphatic heterocycles. The third-order valence-electron chi connectivity index (χ3n) is 3.67. The molecule has 0 saturated carbocycles. The Morgan fingerprint density at radius 2 is 1.93 bits per heavy atom. The number of amidine groups is 1. The molecule has 0 radical (unpaired) electrons. The summed E-state index contributed by atoms with van der Waals surface area (Å²) in [6, 6.07) is 0. The van der Waals surface area contributed by atoms with Crippen molar-refractivity contribution in [2.45, 2.75) is 53.4 Å². The Morgan fingerprint density at radius 3 is 2.47 bits per heavy atom. The van der Waals surface area contributed by atoms with Crippen LogP contribution in [0.4, 0.5) is 0 Å². The number of rotatable bonds is 1. The molecule has 2 heteroatoms. The molecule has 1 aliphatic rings. The molecule has 1 heterocycles. The highest BCUT2D eigenvalue weighted by Crippen LogP contribution is 2.34. The molecule has 1 N–H and O–H groups in total. The van der Waals surface area contributed by atoms with Gasteiger partial charge in [-0.05, 0) is 30.6 Å². The average molecular weight is 210 g/mol. The Balaban J connectivity index is 2.52. The summed E-state index contributed by atoms with van der Waals surface area (Å²) in [5, 5.41) is 7.88. The minimum atomic E-state index is 0.435. The minimum Gasteiger partial charge on any atom is -0.361 e. The lowest BCUT2D eigenvalue weighted by Crippen LogP contribution is -2.31. The lowest BCUT2D eigenvalue weighted by molar-refractivity contribution is 0.216. The van der Waals surface area contributed by atoms with Gasteiger partial charge >= 0.3 is 0 Å². The first-order valence-corrected chi connectivity index (χ1v) is 6.27. The molecule has 88 valence electrons. The number of hydrogen-bond donors (Lipinski definition) is 1. The molecular formula is C13H26N2. The van der Waals surface area contributed by atoms with Crippen molar-refractivity contribution in [2.75, 3.05) is 13.1 Å². The fraction of sp³-hybridized carbons (Fsp3) is 0.923. The van der Waals surface area contributed by atoms with Gasteiger partial charge in [0.05, 0.1) is 5.84 Å². The summed E-state index contributed by atoms with van der Waals surface area (Å²) in [4.78, 5) is 2.27. The Kier molecular flexibility index (Phi) is 4.18. The van der Waals surface area contributed by atoms with Gasteiger partial charge in [-0.2, -0.15) is 0 Å². The van der Waals surface area contributed by atoms with Gasteiger partial charge in [0.15, 0.2) is 0 Å². The van der Waals surface area contributed by atoms with E-state index in [4.69, 9.17) is 5.41 Å². The van der Waals surface area contributed by atoms with Gasteiger partial charge < -0.3 is 4.90 Å². The SMILES string of the molecule is CCC(=N)N1CCCC(C(C)(C)C)CC1. The van der Waals surface area contributed by atoms with Gasteiger partial charge in [-0.25, -0.2) is 0 Å². The molecule has 15 heavy (non-hydrogen) atoms. The van der Waals surface area contributed by atoms with Gasteiger partial charge in [0, 0.05) is 19.5 Å². The average Bonchev–Trinajstić information content (AvgIpc) is 2.40. The van der Waals surface area contributed by atoms with E-state index in [-0.39, 0.29) is 0 Å².